The molecule has 10 nitrogen and oxygen atoms in total. The second kappa shape index (κ2) is 9.00. The molecule has 0 saturated heterocycles. The first kappa shape index (κ1) is 23.7. The second-order valence-corrected chi connectivity index (χ2v) is 8.42. The number of anilines is 1. The van der Waals surface area contributed by atoms with Gasteiger partial charge in [0.25, 0.3) is 0 Å². The average molecular weight is 529 g/mol. The third-order valence-electron chi connectivity index (χ3n) is 6.02. The molecule has 0 N–H and O–H groups in total. The first-order chi connectivity index (χ1) is 18.3. The summed E-state index contributed by atoms with van der Waals surface area (Å²) in [6.07, 6.45) is -2.31. The zero-order chi connectivity index (χ0) is 26.4. The summed E-state index contributed by atoms with van der Waals surface area (Å²) in [4.78, 5) is 9.84. The van der Waals surface area contributed by atoms with Crippen LogP contribution in [0, 0.1) is 11.6 Å². The van der Waals surface area contributed by atoms with Crippen LogP contribution in [0.1, 0.15) is 17.2 Å². The summed E-state index contributed by atoms with van der Waals surface area (Å²) in [5.41, 5.74) is 1.54. The standard InChI is InChI=1S/C23H16F5N9O/c24-14-4-2-1-3-13(14)11-37-18(16-5-8-38-34-16)9-17(33-37)20-29-10-15(25)21(30-20)35-6-7-36-19(12-35)31-32-22(36)23(26,27)28/h1-5,8-10H,6-7,11-12H2. The number of hydrogen-bond donors (Lipinski definition) is 0. The van der Waals surface area contributed by atoms with E-state index in [2.05, 4.69) is 30.4 Å². The van der Waals surface area contributed by atoms with Crippen LogP contribution in [0.3, 0.4) is 0 Å². The van der Waals surface area contributed by atoms with Gasteiger partial charge in [0.1, 0.15) is 23.5 Å². The monoisotopic (exact) mass is 529 g/mol. The van der Waals surface area contributed by atoms with Gasteiger partial charge in [0.05, 0.1) is 25.0 Å². The van der Waals surface area contributed by atoms with E-state index in [1.807, 2.05) is 0 Å². The van der Waals surface area contributed by atoms with E-state index in [-0.39, 0.29) is 49.3 Å². The van der Waals surface area contributed by atoms with Gasteiger partial charge in [-0.2, -0.15) is 18.3 Å². The minimum absolute atomic E-state index is 0.0330. The lowest BCUT2D eigenvalue weighted by atomic mass is 10.2. The lowest BCUT2D eigenvalue weighted by molar-refractivity contribution is -0.147. The van der Waals surface area contributed by atoms with E-state index in [0.29, 0.717) is 17.0 Å². The molecule has 0 atom stereocenters. The Bertz CT molecular complexity index is 1610. The molecule has 5 aromatic rings. The maximum Gasteiger partial charge on any atom is 0.451 e. The number of fused-ring (bicyclic) bond motifs is 1. The highest BCUT2D eigenvalue weighted by Gasteiger charge is 2.39. The van der Waals surface area contributed by atoms with Crippen molar-refractivity contribution in [3.05, 3.63) is 77.7 Å². The maximum atomic E-state index is 14.8. The van der Waals surface area contributed by atoms with Crippen molar-refractivity contribution in [1.29, 1.82) is 0 Å². The molecular formula is C23H16F5N9O. The van der Waals surface area contributed by atoms with Gasteiger partial charge in [-0.25, -0.2) is 18.7 Å². The Balaban J connectivity index is 1.35. The van der Waals surface area contributed by atoms with Crippen LogP contribution in [0.15, 0.2) is 53.4 Å². The molecule has 0 fully saturated rings. The van der Waals surface area contributed by atoms with Crippen molar-refractivity contribution in [1.82, 2.24) is 39.7 Å². The van der Waals surface area contributed by atoms with E-state index in [0.717, 1.165) is 10.8 Å². The molecule has 6 rings (SSSR count). The minimum Gasteiger partial charge on any atom is -0.364 e. The van der Waals surface area contributed by atoms with Crippen LogP contribution in [0.25, 0.3) is 22.9 Å². The van der Waals surface area contributed by atoms with Gasteiger partial charge in [0, 0.05) is 24.7 Å². The van der Waals surface area contributed by atoms with Crippen molar-refractivity contribution in [2.45, 2.75) is 25.8 Å². The Morgan fingerprint density at radius 1 is 0.974 bits per heavy atom. The van der Waals surface area contributed by atoms with E-state index in [1.54, 1.807) is 30.3 Å². The normalized spacial score (nSPS) is 13.7. The summed E-state index contributed by atoms with van der Waals surface area (Å²) < 4.78 is 76.1. The topological polar surface area (TPSA) is 104 Å². The molecular weight excluding hydrogens is 513 g/mol. The maximum absolute atomic E-state index is 14.8. The lowest BCUT2D eigenvalue weighted by Gasteiger charge is -2.29. The predicted octanol–water partition coefficient (Wildman–Crippen LogP) is 3.95. The summed E-state index contributed by atoms with van der Waals surface area (Å²) >= 11 is 0. The van der Waals surface area contributed by atoms with Gasteiger partial charge >= 0.3 is 6.18 Å². The Hall–Kier alpha value is -4.69. The van der Waals surface area contributed by atoms with Crippen LogP contribution < -0.4 is 4.90 Å². The molecule has 1 aromatic carbocycles. The molecule has 0 bridgehead atoms. The number of hydrogen-bond acceptors (Lipinski definition) is 8. The summed E-state index contributed by atoms with van der Waals surface area (Å²) in [7, 11) is 0. The quantitative estimate of drug-likeness (QED) is 0.316. The van der Waals surface area contributed by atoms with Crippen LogP contribution >= 0.6 is 0 Å². The fourth-order valence-electron chi connectivity index (χ4n) is 4.24. The van der Waals surface area contributed by atoms with Crippen LogP contribution in [0.5, 0.6) is 0 Å². The van der Waals surface area contributed by atoms with Crippen LogP contribution in [0.2, 0.25) is 0 Å². The molecule has 1 aliphatic heterocycles. The molecule has 0 spiro atoms. The van der Waals surface area contributed by atoms with E-state index in [4.69, 9.17) is 4.52 Å². The lowest BCUT2D eigenvalue weighted by Crippen LogP contribution is -2.36. The highest BCUT2D eigenvalue weighted by molar-refractivity contribution is 5.63. The van der Waals surface area contributed by atoms with E-state index >= 15 is 0 Å². The highest BCUT2D eigenvalue weighted by atomic mass is 19.4. The molecule has 1 aliphatic rings. The molecule has 0 amide bonds. The van der Waals surface area contributed by atoms with Crippen LogP contribution in [-0.4, -0.2) is 46.2 Å². The van der Waals surface area contributed by atoms with Gasteiger partial charge in [-0.1, -0.05) is 23.4 Å². The van der Waals surface area contributed by atoms with E-state index in [1.165, 1.54) is 21.9 Å². The highest BCUT2D eigenvalue weighted by Crippen LogP contribution is 2.31. The van der Waals surface area contributed by atoms with Gasteiger partial charge in [-0.05, 0) is 12.1 Å². The Morgan fingerprint density at radius 2 is 1.82 bits per heavy atom. The van der Waals surface area contributed by atoms with Crippen molar-refractivity contribution in [3.63, 3.8) is 0 Å². The van der Waals surface area contributed by atoms with Crippen molar-refractivity contribution >= 4 is 5.82 Å². The van der Waals surface area contributed by atoms with Gasteiger partial charge in [-0.15, -0.1) is 10.2 Å². The Morgan fingerprint density at radius 3 is 2.58 bits per heavy atom. The predicted molar refractivity (Wildman–Crippen MR) is 120 cm³/mol. The van der Waals surface area contributed by atoms with Crippen molar-refractivity contribution in [2.24, 2.45) is 0 Å². The third kappa shape index (κ3) is 4.25. The first-order valence-corrected chi connectivity index (χ1v) is 11.3. The van der Waals surface area contributed by atoms with Gasteiger partial charge in [0.2, 0.25) is 5.82 Å². The molecule has 38 heavy (non-hydrogen) atoms. The molecule has 0 saturated carbocycles. The smallest absolute Gasteiger partial charge is 0.364 e. The third-order valence-corrected chi connectivity index (χ3v) is 6.02. The summed E-state index contributed by atoms with van der Waals surface area (Å²) in [6, 6.07) is 9.45. The second-order valence-electron chi connectivity index (χ2n) is 8.42. The van der Waals surface area contributed by atoms with E-state index < -0.39 is 23.6 Å². The van der Waals surface area contributed by atoms with Gasteiger partial charge in [-0.3, -0.25) is 4.68 Å². The summed E-state index contributed by atoms with van der Waals surface area (Å²) in [6.45, 7) is -0.147. The first-order valence-electron chi connectivity index (χ1n) is 11.3. The number of rotatable bonds is 5. The number of halogens is 5. The molecule has 0 radical (unpaired) electrons. The van der Waals surface area contributed by atoms with Crippen LogP contribution in [0.4, 0.5) is 27.8 Å². The Kier molecular flexibility index (Phi) is 5.61. The molecule has 4 aromatic heterocycles. The van der Waals surface area contributed by atoms with E-state index in [9.17, 15) is 22.0 Å². The average Bonchev–Trinajstić information content (AvgIpc) is 3.65. The minimum atomic E-state index is -4.65. The fraction of sp³-hybridized carbons (Fsp3) is 0.217. The number of alkyl halides is 3. The van der Waals surface area contributed by atoms with Gasteiger partial charge in [0.15, 0.2) is 23.3 Å². The van der Waals surface area contributed by atoms with Crippen molar-refractivity contribution in [3.8, 4) is 22.9 Å². The number of benzene rings is 1. The van der Waals surface area contributed by atoms with Gasteiger partial charge < -0.3 is 14.0 Å². The Labute approximate surface area is 210 Å². The largest absolute Gasteiger partial charge is 0.451 e. The molecule has 0 unspecified atom stereocenters. The zero-order valence-corrected chi connectivity index (χ0v) is 19.3. The van der Waals surface area contributed by atoms with Crippen LogP contribution in [-0.2, 0) is 25.8 Å². The number of aromatic nitrogens is 8. The van der Waals surface area contributed by atoms with Crippen molar-refractivity contribution < 1.29 is 26.5 Å². The fourth-order valence-corrected chi connectivity index (χ4v) is 4.24. The summed E-state index contributed by atoms with van der Waals surface area (Å²) in [5, 5.41) is 15.3. The molecule has 0 aliphatic carbocycles. The molecule has 15 heteroatoms. The SMILES string of the molecule is Fc1ccccc1Cn1nc(-c2ncc(F)c(N3CCn4c(nnc4C(F)(F)F)C3)n2)cc1-c1ccon1. The molecule has 194 valence electrons. The van der Waals surface area contributed by atoms with Crippen molar-refractivity contribution in [2.75, 3.05) is 11.4 Å². The number of nitrogens with zero attached hydrogens (tertiary/aromatic N) is 9. The summed E-state index contributed by atoms with van der Waals surface area (Å²) in [5.74, 6) is -2.31. The zero-order valence-electron chi connectivity index (χ0n) is 19.3. The molecule has 5 heterocycles.